The molecular weight excluding hydrogens is 304 g/mol. The van der Waals surface area contributed by atoms with Crippen molar-refractivity contribution in [1.82, 2.24) is 0 Å². The molecule has 4 nitrogen and oxygen atoms in total. The summed E-state index contributed by atoms with van der Waals surface area (Å²) in [4.78, 5) is 23.3. The van der Waals surface area contributed by atoms with Crippen LogP contribution in [0.2, 0.25) is 0 Å². The van der Waals surface area contributed by atoms with Gasteiger partial charge in [0.25, 0.3) is 0 Å². The highest BCUT2D eigenvalue weighted by molar-refractivity contribution is 5.75. The third-order valence-corrected chi connectivity index (χ3v) is 4.17. The fourth-order valence-corrected chi connectivity index (χ4v) is 3.17. The molecule has 1 aromatic rings. The lowest BCUT2D eigenvalue weighted by molar-refractivity contribution is -0.153. The maximum atomic E-state index is 12.1. The van der Waals surface area contributed by atoms with Gasteiger partial charge in [-0.3, -0.25) is 9.59 Å². The number of rotatable bonds is 7. The summed E-state index contributed by atoms with van der Waals surface area (Å²) in [7, 11) is 0. The van der Waals surface area contributed by atoms with Crippen molar-refractivity contribution in [3.63, 3.8) is 0 Å². The molecule has 0 aromatic heterocycles. The minimum Gasteiger partial charge on any atom is -0.466 e. The standard InChI is InChI=1S/C20H26O4/c1-3-23-20(22)18-12-17(13-19(14-18)24-15(2)21)11-7-10-16-8-5-4-6-9-16/h4-6,8-9,12,18-19H,3,7,10-11,13-14H2,1-2H3/t18-,19+/m1/s1. The molecular formula is C20H26O4. The van der Waals surface area contributed by atoms with Crippen LogP contribution in [0.1, 0.15) is 45.1 Å². The summed E-state index contributed by atoms with van der Waals surface area (Å²) in [5.41, 5.74) is 2.49. The molecule has 0 aliphatic heterocycles. The molecule has 1 aliphatic carbocycles. The highest BCUT2D eigenvalue weighted by Gasteiger charge is 2.29. The maximum Gasteiger partial charge on any atom is 0.312 e. The molecule has 0 spiro atoms. The first-order chi connectivity index (χ1) is 11.6. The van der Waals surface area contributed by atoms with E-state index in [1.54, 1.807) is 6.92 Å². The number of benzene rings is 1. The molecule has 0 amide bonds. The van der Waals surface area contributed by atoms with E-state index < -0.39 is 0 Å². The summed E-state index contributed by atoms with van der Waals surface area (Å²) >= 11 is 0. The van der Waals surface area contributed by atoms with Gasteiger partial charge in [-0.05, 0) is 31.7 Å². The Hall–Kier alpha value is -2.10. The second kappa shape index (κ2) is 9.26. The van der Waals surface area contributed by atoms with Gasteiger partial charge in [0.15, 0.2) is 0 Å². The van der Waals surface area contributed by atoms with Crippen LogP contribution in [-0.2, 0) is 25.5 Å². The normalized spacial score (nSPS) is 20.2. The molecule has 2 rings (SSSR count). The average Bonchev–Trinajstić information content (AvgIpc) is 2.55. The lowest BCUT2D eigenvalue weighted by atomic mass is 9.86. The van der Waals surface area contributed by atoms with Crippen molar-refractivity contribution in [2.45, 2.75) is 52.1 Å². The van der Waals surface area contributed by atoms with Gasteiger partial charge in [0.2, 0.25) is 0 Å². The first-order valence-corrected chi connectivity index (χ1v) is 8.65. The number of hydrogen-bond acceptors (Lipinski definition) is 4. The molecule has 0 unspecified atom stereocenters. The molecule has 0 saturated heterocycles. The Morgan fingerprint density at radius 1 is 1.17 bits per heavy atom. The molecule has 0 radical (unpaired) electrons. The Morgan fingerprint density at radius 2 is 1.92 bits per heavy atom. The smallest absolute Gasteiger partial charge is 0.312 e. The average molecular weight is 330 g/mol. The number of carbonyl (C=O) groups is 2. The van der Waals surface area contributed by atoms with Crippen LogP contribution in [0, 0.1) is 5.92 Å². The van der Waals surface area contributed by atoms with E-state index in [2.05, 4.69) is 12.1 Å². The topological polar surface area (TPSA) is 52.6 Å². The van der Waals surface area contributed by atoms with Gasteiger partial charge < -0.3 is 9.47 Å². The van der Waals surface area contributed by atoms with E-state index in [0.29, 0.717) is 19.4 Å². The number of esters is 2. The van der Waals surface area contributed by atoms with Gasteiger partial charge in [-0.25, -0.2) is 0 Å². The number of hydrogen-bond donors (Lipinski definition) is 0. The van der Waals surface area contributed by atoms with Crippen LogP contribution in [0.4, 0.5) is 0 Å². The molecule has 24 heavy (non-hydrogen) atoms. The van der Waals surface area contributed by atoms with Crippen LogP contribution >= 0.6 is 0 Å². The molecule has 0 fully saturated rings. The highest BCUT2D eigenvalue weighted by atomic mass is 16.5. The third-order valence-electron chi connectivity index (χ3n) is 4.17. The van der Waals surface area contributed by atoms with E-state index in [1.807, 2.05) is 24.3 Å². The van der Waals surface area contributed by atoms with Crippen LogP contribution in [-0.4, -0.2) is 24.6 Å². The van der Waals surface area contributed by atoms with Crippen LogP contribution in [0.3, 0.4) is 0 Å². The summed E-state index contributed by atoms with van der Waals surface area (Å²) < 4.78 is 10.5. The van der Waals surface area contributed by atoms with Crippen molar-refractivity contribution in [3.8, 4) is 0 Å². The Balaban J connectivity index is 1.96. The zero-order valence-electron chi connectivity index (χ0n) is 14.5. The van der Waals surface area contributed by atoms with Gasteiger partial charge in [-0.15, -0.1) is 0 Å². The van der Waals surface area contributed by atoms with E-state index in [0.717, 1.165) is 19.3 Å². The minimum absolute atomic E-state index is 0.227. The van der Waals surface area contributed by atoms with Crippen LogP contribution in [0.25, 0.3) is 0 Å². The summed E-state index contributed by atoms with van der Waals surface area (Å²) in [6.45, 7) is 3.58. The van der Waals surface area contributed by atoms with Gasteiger partial charge in [0, 0.05) is 19.8 Å². The van der Waals surface area contributed by atoms with Gasteiger partial charge in [0.1, 0.15) is 6.10 Å². The molecule has 0 saturated carbocycles. The lowest BCUT2D eigenvalue weighted by Gasteiger charge is -2.27. The minimum atomic E-state index is -0.310. The van der Waals surface area contributed by atoms with E-state index in [4.69, 9.17) is 9.47 Å². The fourth-order valence-electron chi connectivity index (χ4n) is 3.17. The van der Waals surface area contributed by atoms with Crippen molar-refractivity contribution in [3.05, 3.63) is 47.5 Å². The highest BCUT2D eigenvalue weighted by Crippen LogP contribution is 2.29. The van der Waals surface area contributed by atoms with E-state index >= 15 is 0 Å². The van der Waals surface area contributed by atoms with E-state index in [9.17, 15) is 9.59 Å². The molecule has 2 atom stereocenters. The molecule has 1 aromatic carbocycles. The number of ether oxygens (including phenoxy) is 2. The Labute approximate surface area is 143 Å². The SMILES string of the molecule is CCOC(=O)[C@@H]1C=C(CCCc2ccccc2)C[C@H](OC(C)=O)C1. The monoisotopic (exact) mass is 330 g/mol. The molecule has 130 valence electrons. The summed E-state index contributed by atoms with van der Waals surface area (Å²) in [6.07, 6.45) is 5.93. The quantitative estimate of drug-likeness (QED) is 0.563. The van der Waals surface area contributed by atoms with Crippen molar-refractivity contribution in [2.75, 3.05) is 6.61 Å². The summed E-state index contributed by atoms with van der Waals surface area (Å²) in [6, 6.07) is 10.4. The number of carbonyl (C=O) groups excluding carboxylic acids is 2. The molecule has 1 aliphatic rings. The van der Waals surface area contributed by atoms with Crippen molar-refractivity contribution in [2.24, 2.45) is 5.92 Å². The fraction of sp³-hybridized carbons (Fsp3) is 0.500. The summed E-state index contributed by atoms with van der Waals surface area (Å²) in [5.74, 6) is -0.835. The molecule has 0 N–H and O–H groups in total. The maximum absolute atomic E-state index is 12.1. The Bertz CT molecular complexity index is 577. The Kier molecular flexibility index (Phi) is 7.04. The van der Waals surface area contributed by atoms with Crippen LogP contribution in [0.5, 0.6) is 0 Å². The summed E-state index contributed by atoms with van der Waals surface area (Å²) in [5, 5.41) is 0. The van der Waals surface area contributed by atoms with Gasteiger partial charge in [-0.2, -0.15) is 0 Å². The predicted octanol–water partition coefficient (Wildman–Crippen LogP) is 3.84. The van der Waals surface area contributed by atoms with Gasteiger partial charge in [0.05, 0.1) is 12.5 Å². The second-order valence-electron chi connectivity index (χ2n) is 6.19. The zero-order valence-corrected chi connectivity index (χ0v) is 14.5. The first kappa shape index (κ1) is 18.2. The first-order valence-electron chi connectivity index (χ1n) is 8.65. The van der Waals surface area contributed by atoms with Crippen molar-refractivity contribution in [1.29, 1.82) is 0 Å². The lowest BCUT2D eigenvalue weighted by Crippen LogP contribution is -2.29. The third kappa shape index (κ3) is 5.84. The predicted molar refractivity (Wildman–Crippen MR) is 92.4 cm³/mol. The van der Waals surface area contributed by atoms with E-state index in [1.165, 1.54) is 18.1 Å². The van der Waals surface area contributed by atoms with Gasteiger partial charge in [-0.1, -0.05) is 42.0 Å². The molecule has 0 bridgehead atoms. The van der Waals surface area contributed by atoms with Crippen LogP contribution < -0.4 is 0 Å². The second-order valence-corrected chi connectivity index (χ2v) is 6.19. The van der Waals surface area contributed by atoms with Gasteiger partial charge >= 0.3 is 11.9 Å². The molecule has 4 heteroatoms. The largest absolute Gasteiger partial charge is 0.466 e. The molecule has 0 heterocycles. The van der Waals surface area contributed by atoms with E-state index in [-0.39, 0.29) is 24.0 Å². The van der Waals surface area contributed by atoms with Crippen LogP contribution in [0.15, 0.2) is 42.0 Å². The number of aryl methyl sites for hydroxylation is 1. The van der Waals surface area contributed by atoms with Crippen molar-refractivity contribution < 1.29 is 19.1 Å². The van der Waals surface area contributed by atoms with Crippen molar-refractivity contribution >= 4 is 11.9 Å². The Morgan fingerprint density at radius 3 is 2.58 bits per heavy atom. The zero-order chi connectivity index (χ0) is 17.4.